The summed E-state index contributed by atoms with van der Waals surface area (Å²) in [7, 11) is 0. The average molecular weight is 438 g/mol. The molecule has 4 rings (SSSR count). The van der Waals surface area contributed by atoms with E-state index >= 15 is 0 Å². The first-order valence-electron chi connectivity index (χ1n) is 8.23. The SMILES string of the molecule is O=c1c2cc(Br)ccc2nc(/C=C/c2ccc([N+](=O)[O-])o2)n1-c1ccccc1. The van der Waals surface area contributed by atoms with Gasteiger partial charge < -0.3 is 4.42 Å². The molecule has 2 aromatic carbocycles. The fourth-order valence-corrected chi connectivity index (χ4v) is 3.16. The Kier molecular flexibility index (Phi) is 4.62. The first-order chi connectivity index (χ1) is 13.5. The number of aromatic nitrogens is 2. The number of furan rings is 1. The summed E-state index contributed by atoms with van der Waals surface area (Å²) in [6, 6.07) is 17.2. The van der Waals surface area contributed by atoms with E-state index in [-0.39, 0.29) is 17.2 Å². The normalized spacial score (nSPS) is 11.3. The minimum Gasteiger partial charge on any atom is -0.401 e. The molecule has 0 saturated heterocycles. The van der Waals surface area contributed by atoms with Crippen LogP contribution in [-0.4, -0.2) is 14.5 Å². The molecule has 0 atom stereocenters. The van der Waals surface area contributed by atoms with Crippen LogP contribution in [0.2, 0.25) is 0 Å². The fourth-order valence-electron chi connectivity index (χ4n) is 2.80. The van der Waals surface area contributed by atoms with Gasteiger partial charge in [0.1, 0.15) is 16.5 Å². The second kappa shape index (κ2) is 7.24. The van der Waals surface area contributed by atoms with Gasteiger partial charge in [-0.15, -0.1) is 0 Å². The summed E-state index contributed by atoms with van der Waals surface area (Å²) in [6.45, 7) is 0. The molecule has 7 nitrogen and oxygen atoms in total. The Bertz CT molecular complexity index is 1280. The lowest BCUT2D eigenvalue weighted by atomic mass is 10.2. The molecule has 0 bridgehead atoms. The zero-order chi connectivity index (χ0) is 19.7. The highest BCUT2D eigenvalue weighted by Gasteiger charge is 2.13. The number of benzene rings is 2. The number of halogens is 1. The monoisotopic (exact) mass is 437 g/mol. The van der Waals surface area contributed by atoms with Crippen molar-refractivity contribution < 1.29 is 9.34 Å². The topological polar surface area (TPSA) is 91.2 Å². The minimum atomic E-state index is -0.608. The van der Waals surface area contributed by atoms with Crippen LogP contribution in [-0.2, 0) is 0 Å². The molecule has 0 unspecified atom stereocenters. The highest BCUT2D eigenvalue weighted by molar-refractivity contribution is 9.10. The van der Waals surface area contributed by atoms with Crippen LogP contribution in [0.5, 0.6) is 0 Å². The van der Waals surface area contributed by atoms with Crippen LogP contribution in [0, 0.1) is 10.1 Å². The summed E-state index contributed by atoms with van der Waals surface area (Å²) in [5, 5.41) is 11.2. The lowest BCUT2D eigenvalue weighted by Gasteiger charge is -2.11. The Morgan fingerprint density at radius 3 is 2.57 bits per heavy atom. The summed E-state index contributed by atoms with van der Waals surface area (Å²) >= 11 is 3.38. The Labute approximate surface area is 166 Å². The zero-order valence-electron chi connectivity index (χ0n) is 14.3. The number of nitro groups is 1. The van der Waals surface area contributed by atoms with Crippen LogP contribution in [0.1, 0.15) is 11.6 Å². The van der Waals surface area contributed by atoms with Crippen molar-refractivity contribution in [2.45, 2.75) is 0 Å². The molecule has 2 aromatic heterocycles. The van der Waals surface area contributed by atoms with Crippen molar-refractivity contribution in [3.8, 4) is 5.69 Å². The summed E-state index contributed by atoms with van der Waals surface area (Å²) in [5.41, 5.74) is 0.986. The van der Waals surface area contributed by atoms with Gasteiger partial charge in [-0.25, -0.2) is 4.98 Å². The molecule has 138 valence electrons. The van der Waals surface area contributed by atoms with Crippen molar-refractivity contribution in [2.75, 3.05) is 0 Å². The smallest absolute Gasteiger partial charge is 0.401 e. The average Bonchev–Trinajstić information content (AvgIpc) is 3.17. The maximum Gasteiger partial charge on any atom is 0.433 e. The molecule has 0 N–H and O–H groups in total. The van der Waals surface area contributed by atoms with Crippen molar-refractivity contribution in [1.29, 1.82) is 0 Å². The van der Waals surface area contributed by atoms with Crippen molar-refractivity contribution in [2.24, 2.45) is 0 Å². The molecule has 0 aliphatic carbocycles. The van der Waals surface area contributed by atoms with E-state index in [1.54, 1.807) is 24.3 Å². The van der Waals surface area contributed by atoms with Gasteiger partial charge in [0.2, 0.25) is 0 Å². The van der Waals surface area contributed by atoms with E-state index in [1.165, 1.54) is 16.7 Å². The van der Waals surface area contributed by atoms with Crippen molar-refractivity contribution >= 4 is 44.9 Å². The second-order valence-corrected chi connectivity index (χ2v) is 6.79. The summed E-state index contributed by atoms with van der Waals surface area (Å²) < 4.78 is 7.41. The molecular weight excluding hydrogens is 426 g/mol. The summed E-state index contributed by atoms with van der Waals surface area (Å²) in [4.78, 5) is 27.9. The number of fused-ring (bicyclic) bond motifs is 1. The van der Waals surface area contributed by atoms with Gasteiger partial charge in [0.15, 0.2) is 0 Å². The van der Waals surface area contributed by atoms with E-state index in [1.807, 2.05) is 36.4 Å². The number of nitrogens with zero attached hydrogens (tertiary/aromatic N) is 3. The van der Waals surface area contributed by atoms with Crippen LogP contribution in [0.4, 0.5) is 5.88 Å². The maximum atomic E-state index is 13.2. The van der Waals surface area contributed by atoms with Crippen LogP contribution in [0.15, 0.2) is 74.3 Å². The lowest BCUT2D eigenvalue weighted by molar-refractivity contribution is -0.402. The van der Waals surface area contributed by atoms with Gasteiger partial charge in [-0.2, -0.15) is 0 Å². The zero-order valence-corrected chi connectivity index (χ0v) is 15.9. The maximum absolute atomic E-state index is 13.2. The van der Waals surface area contributed by atoms with E-state index < -0.39 is 4.92 Å². The van der Waals surface area contributed by atoms with Gasteiger partial charge in [-0.05, 0) is 48.6 Å². The standard InChI is InChI=1S/C20H12BrN3O4/c21-13-6-9-17-16(12-13)20(25)23(14-4-2-1-3-5-14)18(22-17)10-7-15-8-11-19(28-15)24(26)27/h1-12H/b10-7+. The van der Waals surface area contributed by atoms with Gasteiger partial charge >= 0.3 is 5.88 Å². The van der Waals surface area contributed by atoms with Crippen molar-refractivity contribution in [1.82, 2.24) is 9.55 Å². The highest BCUT2D eigenvalue weighted by Crippen LogP contribution is 2.20. The molecule has 0 radical (unpaired) electrons. The third kappa shape index (κ3) is 3.37. The Balaban J connectivity index is 1.90. The van der Waals surface area contributed by atoms with Crippen LogP contribution >= 0.6 is 15.9 Å². The predicted molar refractivity (Wildman–Crippen MR) is 109 cm³/mol. The summed E-state index contributed by atoms with van der Waals surface area (Å²) in [5.74, 6) is 0.318. The van der Waals surface area contributed by atoms with Gasteiger partial charge in [-0.1, -0.05) is 34.1 Å². The van der Waals surface area contributed by atoms with Gasteiger partial charge in [0.05, 0.1) is 22.7 Å². The molecule has 0 fully saturated rings. The van der Waals surface area contributed by atoms with Gasteiger partial charge in [0, 0.05) is 4.47 Å². The molecule has 2 heterocycles. The number of hydrogen-bond donors (Lipinski definition) is 0. The second-order valence-electron chi connectivity index (χ2n) is 5.87. The number of rotatable bonds is 4. The molecule has 4 aromatic rings. The van der Waals surface area contributed by atoms with Gasteiger partial charge in [-0.3, -0.25) is 19.5 Å². The van der Waals surface area contributed by atoms with E-state index in [4.69, 9.17) is 4.42 Å². The number of hydrogen-bond acceptors (Lipinski definition) is 5. The van der Waals surface area contributed by atoms with E-state index in [0.717, 1.165) is 4.47 Å². The molecule has 8 heteroatoms. The third-order valence-corrected chi connectivity index (χ3v) is 4.55. The van der Waals surface area contributed by atoms with Crippen LogP contribution in [0.25, 0.3) is 28.7 Å². The first-order valence-corrected chi connectivity index (χ1v) is 9.02. The largest absolute Gasteiger partial charge is 0.433 e. The molecule has 0 saturated carbocycles. The van der Waals surface area contributed by atoms with Gasteiger partial charge in [0.25, 0.3) is 5.56 Å². The van der Waals surface area contributed by atoms with E-state index in [9.17, 15) is 14.9 Å². The molecule has 0 aliphatic rings. The summed E-state index contributed by atoms with van der Waals surface area (Å²) in [6.07, 6.45) is 3.14. The quantitative estimate of drug-likeness (QED) is 0.337. The third-order valence-electron chi connectivity index (χ3n) is 4.06. The molecule has 0 amide bonds. The Morgan fingerprint density at radius 2 is 1.86 bits per heavy atom. The fraction of sp³-hybridized carbons (Fsp3) is 0. The van der Waals surface area contributed by atoms with Crippen molar-refractivity contribution in [3.63, 3.8) is 0 Å². The molecular formula is C20H12BrN3O4. The minimum absolute atomic E-state index is 0.220. The Morgan fingerprint density at radius 1 is 1.07 bits per heavy atom. The Hall–Kier alpha value is -3.52. The van der Waals surface area contributed by atoms with Crippen LogP contribution < -0.4 is 5.56 Å². The lowest BCUT2D eigenvalue weighted by Crippen LogP contribution is -2.22. The van der Waals surface area contributed by atoms with E-state index in [2.05, 4.69) is 20.9 Å². The number of para-hydroxylation sites is 1. The predicted octanol–water partition coefficient (Wildman–Crippen LogP) is 4.82. The highest BCUT2D eigenvalue weighted by atomic mass is 79.9. The molecule has 0 aliphatic heterocycles. The van der Waals surface area contributed by atoms with Crippen molar-refractivity contribution in [3.05, 3.63) is 97.2 Å². The first kappa shape index (κ1) is 17.9. The van der Waals surface area contributed by atoms with E-state index in [0.29, 0.717) is 22.4 Å². The molecule has 0 spiro atoms. The van der Waals surface area contributed by atoms with Crippen LogP contribution in [0.3, 0.4) is 0 Å². The molecule has 28 heavy (non-hydrogen) atoms.